The molecule has 4 atom stereocenters. The highest BCUT2D eigenvalue weighted by Gasteiger charge is 2.25. The number of thioether (sulfide) groups is 1. The molecule has 1 aliphatic heterocycles. The molecule has 4 heteroatoms. The molecule has 0 aromatic heterocycles. The highest BCUT2D eigenvalue weighted by Crippen LogP contribution is 2.25. The van der Waals surface area contributed by atoms with Crippen molar-refractivity contribution in [2.75, 3.05) is 13.2 Å². The largest absolute Gasteiger partial charge is 0.392 e. The standard InChI is InChI=1S/C9H19NO2S/c1-6(11)7(2)13-9-5-12-4-3-8(9)10/h6-9,11H,3-5,10H2,1-2H3. The van der Waals surface area contributed by atoms with Crippen molar-refractivity contribution >= 4 is 11.8 Å². The zero-order valence-electron chi connectivity index (χ0n) is 8.27. The quantitative estimate of drug-likeness (QED) is 0.708. The van der Waals surface area contributed by atoms with Crippen molar-refractivity contribution in [1.29, 1.82) is 0 Å². The van der Waals surface area contributed by atoms with Crippen molar-refractivity contribution in [3.63, 3.8) is 0 Å². The van der Waals surface area contributed by atoms with E-state index in [9.17, 15) is 5.11 Å². The summed E-state index contributed by atoms with van der Waals surface area (Å²) in [5, 5.41) is 9.92. The smallest absolute Gasteiger partial charge is 0.0628 e. The van der Waals surface area contributed by atoms with Gasteiger partial charge in [0.15, 0.2) is 0 Å². The van der Waals surface area contributed by atoms with Gasteiger partial charge >= 0.3 is 0 Å². The van der Waals surface area contributed by atoms with Gasteiger partial charge in [-0.05, 0) is 13.3 Å². The maximum Gasteiger partial charge on any atom is 0.0628 e. The topological polar surface area (TPSA) is 55.5 Å². The zero-order valence-corrected chi connectivity index (χ0v) is 9.09. The minimum Gasteiger partial charge on any atom is -0.392 e. The molecule has 3 N–H and O–H groups in total. The van der Waals surface area contributed by atoms with Crippen molar-refractivity contribution in [1.82, 2.24) is 0 Å². The summed E-state index contributed by atoms with van der Waals surface area (Å²) in [7, 11) is 0. The van der Waals surface area contributed by atoms with Gasteiger partial charge in [-0.25, -0.2) is 0 Å². The average molecular weight is 205 g/mol. The second-order valence-corrected chi connectivity index (χ2v) is 5.27. The molecule has 1 aliphatic rings. The Kier molecular flexibility index (Phi) is 4.52. The van der Waals surface area contributed by atoms with Gasteiger partial charge in [-0.15, -0.1) is 11.8 Å². The van der Waals surface area contributed by atoms with E-state index in [0.29, 0.717) is 5.25 Å². The van der Waals surface area contributed by atoms with Gasteiger partial charge in [-0.1, -0.05) is 6.92 Å². The Bertz CT molecular complexity index is 155. The van der Waals surface area contributed by atoms with E-state index in [4.69, 9.17) is 10.5 Å². The van der Waals surface area contributed by atoms with Crippen LogP contribution in [0.5, 0.6) is 0 Å². The first-order valence-corrected chi connectivity index (χ1v) is 5.72. The Morgan fingerprint density at radius 1 is 1.54 bits per heavy atom. The first-order valence-electron chi connectivity index (χ1n) is 4.78. The van der Waals surface area contributed by atoms with E-state index in [1.54, 1.807) is 11.8 Å². The number of hydrogen-bond donors (Lipinski definition) is 2. The van der Waals surface area contributed by atoms with Crippen LogP contribution >= 0.6 is 11.8 Å². The minimum atomic E-state index is -0.279. The van der Waals surface area contributed by atoms with Gasteiger partial charge in [-0.2, -0.15) is 0 Å². The van der Waals surface area contributed by atoms with Gasteiger partial charge in [0.2, 0.25) is 0 Å². The van der Waals surface area contributed by atoms with E-state index >= 15 is 0 Å². The Hall–Kier alpha value is 0.230. The molecule has 13 heavy (non-hydrogen) atoms. The van der Waals surface area contributed by atoms with E-state index < -0.39 is 0 Å². The maximum atomic E-state index is 9.34. The molecule has 1 fully saturated rings. The van der Waals surface area contributed by atoms with Crippen LogP contribution in [-0.4, -0.2) is 41.0 Å². The Morgan fingerprint density at radius 3 is 2.77 bits per heavy atom. The molecule has 0 radical (unpaired) electrons. The van der Waals surface area contributed by atoms with Crippen LogP contribution in [0.4, 0.5) is 0 Å². The molecule has 3 nitrogen and oxygen atoms in total. The highest BCUT2D eigenvalue weighted by atomic mass is 32.2. The van der Waals surface area contributed by atoms with Crippen LogP contribution in [0.2, 0.25) is 0 Å². The SMILES string of the molecule is CC(O)C(C)SC1COCCC1N. The van der Waals surface area contributed by atoms with Crippen LogP contribution in [0.15, 0.2) is 0 Å². The summed E-state index contributed by atoms with van der Waals surface area (Å²) in [5.41, 5.74) is 5.94. The van der Waals surface area contributed by atoms with Gasteiger partial charge in [0.05, 0.1) is 12.7 Å². The van der Waals surface area contributed by atoms with Crippen LogP contribution in [-0.2, 0) is 4.74 Å². The number of ether oxygens (including phenoxy) is 1. The Balaban J connectivity index is 2.33. The predicted molar refractivity (Wildman–Crippen MR) is 55.9 cm³/mol. The number of aliphatic hydroxyl groups is 1. The molecule has 0 aromatic rings. The lowest BCUT2D eigenvalue weighted by atomic mass is 10.1. The first-order chi connectivity index (χ1) is 6.11. The molecule has 0 bridgehead atoms. The second-order valence-electron chi connectivity index (χ2n) is 3.65. The zero-order chi connectivity index (χ0) is 9.84. The lowest BCUT2D eigenvalue weighted by molar-refractivity contribution is 0.0910. The molecule has 0 saturated carbocycles. The normalized spacial score (nSPS) is 34.2. The number of hydrogen-bond acceptors (Lipinski definition) is 4. The van der Waals surface area contributed by atoms with Crippen LogP contribution in [0.1, 0.15) is 20.3 Å². The van der Waals surface area contributed by atoms with Crippen molar-refractivity contribution in [3.8, 4) is 0 Å². The van der Waals surface area contributed by atoms with Crippen molar-refractivity contribution < 1.29 is 9.84 Å². The lowest BCUT2D eigenvalue weighted by Crippen LogP contribution is -2.42. The fraction of sp³-hybridized carbons (Fsp3) is 1.00. The maximum absolute atomic E-state index is 9.34. The molecule has 1 saturated heterocycles. The first kappa shape index (κ1) is 11.3. The summed E-state index contributed by atoms with van der Waals surface area (Å²) < 4.78 is 5.35. The predicted octanol–water partition coefficient (Wildman–Crippen LogP) is 0.605. The molecule has 0 aliphatic carbocycles. The van der Waals surface area contributed by atoms with Crippen LogP contribution in [0, 0.1) is 0 Å². The Morgan fingerprint density at radius 2 is 2.23 bits per heavy atom. The molecule has 0 aromatic carbocycles. The van der Waals surface area contributed by atoms with E-state index in [2.05, 4.69) is 0 Å². The summed E-state index contributed by atoms with van der Waals surface area (Å²) in [5.74, 6) is 0. The molecule has 78 valence electrons. The van der Waals surface area contributed by atoms with E-state index in [0.717, 1.165) is 19.6 Å². The van der Waals surface area contributed by atoms with Gasteiger partial charge in [-0.3, -0.25) is 0 Å². The molecular formula is C9H19NO2S. The molecule has 4 unspecified atom stereocenters. The van der Waals surface area contributed by atoms with Crippen molar-refractivity contribution in [2.24, 2.45) is 5.73 Å². The minimum absolute atomic E-state index is 0.222. The number of nitrogens with two attached hydrogens (primary N) is 1. The second kappa shape index (κ2) is 5.20. The fourth-order valence-corrected chi connectivity index (χ4v) is 2.55. The summed E-state index contributed by atoms with van der Waals surface area (Å²) in [4.78, 5) is 0. The van der Waals surface area contributed by atoms with Crippen LogP contribution < -0.4 is 5.73 Å². The summed E-state index contributed by atoms with van der Waals surface area (Å²) in [6.45, 7) is 5.34. The average Bonchev–Trinajstić information content (AvgIpc) is 2.08. The van der Waals surface area contributed by atoms with E-state index in [-0.39, 0.29) is 17.4 Å². The van der Waals surface area contributed by atoms with Crippen LogP contribution in [0.3, 0.4) is 0 Å². The third kappa shape index (κ3) is 3.46. The third-order valence-electron chi connectivity index (χ3n) is 2.42. The lowest BCUT2D eigenvalue weighted by Gasteiger charge is -2.30. The number of aliphatic hydroxyl groups excluding tert-OH is 1. The summed E-state index contributed by atoms with van der Waals surface area (Å²) in [6, 6.07) is 0.222. The summed E-state index contributed by atoms with van der Waals surface area (Å²) in [6.07, 6.45) is 0.656. The van der Waals surface area contributed by atoms with Gasteiger partial charge in [0.1, 0.15) is 0 Å². The Labute approximate surface area is 84.0 Å². The molecule has 0 amide bonds. The third-order valence-corrected chi connectivity index (χ3v) is 4.08. The van der Waals surface area contributed by atoms with Gasteiger partial charge < -0.3 is 15.6 Å². The molecule has 1 rings (SSSR count). The van der Waals surface area contributed by atoms with Gasteiger partial charge in [0, 0.05) is 23.1 Å². The van der Waals surface area contributed by atoms with E-state index in [1.807, 2.05) is 13.8 Å². The van der Waals surface area contributed by atoms with Gasteiger partial charge in [0.25, 0.3) is 0 Å². The molecule has 1 heterocycles. The van der Waals surface area contributed by atoms with Crippen LogP contribution in [0.25, 0.3) is 0 Å². The van der Waals surface area contributed by atoms with Crippen molar-refractivity contribution in [2.45, 2.75) is 42.9 Å². The summed E-state index contributed by atoms with van der Waals surface area (Å²) >= 11 is 1.74. The highest BCUT2D eigenvalue weighted by molar-refractivity contribution is 8.00. The monoisotopic (exact) mass is 205 g/mol. The van der Waals surface area contributed by atoms with Crippen molar-refractivity contribution in [3.05, 3.63) is 0 Å². The van der Waals surface area contributed by atoms with E-state index in [1.165, 1.54) is 0 Å². The number of rotatable bonds is 3. The molecule has 0 spiro atoms. The molecular weight excluding hydrogens is 186 g/mol. The fourth-order valence-electron chi connectivity index (χ4n) is 1.26.